The lowest BCUT2D eigenvalue weighted by Gasteiger charge is -2.24. The number of hydrogen-bond acceptors (Lipinski definition) is 2. The smallest absolute Gasteiger partial charge is 0.326 e. The van der Waals surface area contributed by atoms with E-state index in [1.54, 1.807) is 20.0 Å². The van der Waals surface area contributed by atoms with Gasteiger partial charge in [-0.3, -0.25) is 4.79 Å². The van der Waals surface area contributed by atoms with Crippen LogP contribution >= 0.6 is 0 Å². The van der Waals surface area contributed by atoms with Crippen LogP contribution in [0.1, 0.15) is 42.7 Å². The maximum Gasteiger partial charge on any atom is 0.326 e. The molecule has 0 radical (unpaired) electrons. The molecule has 98 valence electrons. The van der Waals surface area contributed by atoms with Crippen molar-refractivity contribution in [1.29, 1.82) is 0 Å². The van der Waals surface area contributed by atoms with E-state index in [0.29, 0.717) is 18.2 Å². The van der Waals surface area contributed by atoms with Crippen LogP contribution in [0.4, 0.5) is 0 Å². The number of nitrogens with zero attached hydrogens (tertiary/aromatic N) is 2. The molecule has 2 rings (SSSR count). The van der Waals surface area contributed by atoms with Crippen LogP contribution in [0, 0.1) is 0 Å². The highest BCUT2D eigenvalue weighted by atomic mass is 16.4. The molecule has 1 aliphatic rings. The van der Waals surface area contributed by atoms with Crippen LogP contribution in [-0.4, -0.2) is 39.5 Å². The third kappa shape index (κ3) is 2.25. The molecule has 1 unspecified atom stereocenters. The van der Waals surface area contributed by atoms with Gasteiger partial charge in [0.2, 0.25) is 0 Å². The van der Waals surface area contributed by atoms with Crippen molar-refractivity contribution >= 4 is 11.9 Å². The van der Waals surface area contributed by atoms with Gasteiger partial charge >= 0.3 is 5.97 Å². The SMILES string of the molecule is CCC(C(=O)O)N(C)C(=O)c1cccn1C1CC1. The van der Waals surface area contributed by atoms with Crippen molar-refractivity contribution in [3.05, 3.63) is 24.0 Å². The van der Waals surface area contributed by atoms with Crippen LogP contribution in [-0.2, 0) is 4.79 Å². The highest BCUT2D eigenvalue weighted by Gasteiger charge is 2.31. The summed E-state index contributed by atoms with van der Waals surface area (Å²) in [6.07, 6.45) is 4.48. The van der Waals surface area contributed by atoms with Crippen LogP contribution in [0.15, 0.2) is 18.3 Å². The Morgan fingerprint density at radius 2 is 2.22 bits per heavy atom. The lowest BCUT2D eigenvalue weighted by molar-refractivity contribution is -0.142. The summed E-state index contributed by atoms with van der Waals surface area (Å²) in [4.78, 5) is 24.7. The van der Waals surface area contributed by atoms with Gasteiger partial charge in [-0.05, 0) is 31.4 Å². The van der Waals surface area contributed by atoms with Crippen molar-refractivity contribution in [2.24, 2.45) is 0 Å². The fraction of sp³-hybridized carbons (Fsp3) is 0.538. The molecule has 0 aromatic carbocycles. The predicted molar refractivity (Wildman–Crippen MR) is 66.5 cm³/mol. The second kappa shape index (κ2) is 4.84. The molecule has 18 heavy (non-hydrogen) atoms. The summed E-state index contributed by atoms with van der Waals surface area (Å²) in [7, 11) is 1.55. The molecule has 1 amide bonds. The van der Waals surface area contributed by atoms with Gasteiger partial charge in [-0.15, -0.1) is 0 Å². The number of amides is 1. The first-order valence-electron chi connectivity index (χ1n) is 6.23. The standard InChI is InChI=1S/C13H18N2O3/c1-3-10(13(17)18)14(2)12(16)11-5-4-8-15(11)9-6-7-9/h4-5,8-10H,3,6-7H2,1-2H3,(H,17,18). The van der Waals surface area contributed by atoms with Crippen molar-refractivity contribution in [2.75, 3.05) is 7.05 Å². The molecule has 0 bridgehead atoms. The van der Waals surface area contributed by atoms with Gasteiger partial charge in [-0.25, -0.2) is 4.79 Å². The minimum Gasteiger partial charge on any atom is -0.480 e. The molecule has 1 aromatic heterocycles. The Morgan fingerprint density at radius 1 is 1.56 bits per heavy atom. The van der Waals surface area contributed by atoms with E-state index in [2.05, 4.69) is 0 Å². The van der Waals surface area contributed by atoms with Gasteiger partial charge < -0.3 is 14.6 Å². The molecule has 5 nitrogen and oxygen atoms in total. The zero-order valence-corrected chi connectivity index (χ0v) is 10.7. The molecule has 1 aliphatic carbocycles. The minimum atomic E-state index is -0.960. The van der Waals surface area contributed by atoms with E-state index in [-0.39, 0.29) is 5.91 Å². The van der Waals surface area contributed by atoms with Crippen LogP contribution in [0.2, 0.25) is 0 Å². The normalized spacial score (nSPS) is 16.3. The molecule has 1 heterocycles. The number of likely N-dealkylation sites (N-methyl/N-ethyl adjacent to an activating group) is 1. The summed E-state index contributed by atoms with van der Waals surface area (Å²) in [6.45, 7) is 1.77. The van der Waals surface area contributed by atoms with Crippen molar-refractivity contribution in [3.8, 4) is 0 Å². The first kappa shape index (κ1) is 12.7. The van der Waals surface area contributed by atoms with Gasteiger partial charge in [0.05, 0.1) is 0 Å². The molecule has 1 N–H and O–H groups in total. The second-order valence-corrected chi connectivity index (χ2v) is 4.71. The summed E-state index contributed by atoms with van der Waals surface area (Å²) in [6, 6.07) is 3.24. The third-order valence-corrected chi connectivity index (χ3v) is 3.40. The van der Waals surface area contributed by atoms with Gasteiger partial charge in [0, 0.05) is 19.3 Å². The average Bonchev–Trinajstić information content (AvgIpc) is 3.06. The second-order valence-electron chi connectivity index (χ2n) is 4.71. The number of carbonyl (C=O) groups is 2. The predicted octanol–water partition coefficient (Wildman–Crippen LogP) is 1.76. The molecule has 5 heteroatoms. The third-order valence-electron chi connectivity index (χ3n) is 3.40. The highest BCUT2D eigenvalue weighted by Crippen LogP contribution is 2.36. The molecule has 1 fully saturated rings. The number of hydrogen-bond donors (Lipinski definition) is 1. The largest absolute Gasteiger partial charge is 0.480 e. The van der Waals surface area contributed by atoms with Gasteiger partial charge in [-0.1, -0.05) is 6.92 Å². The fourth-order valence-electron chi connectivity index (χ4n) is 2.18. The molecule has 1 saturated carbocycles. The molecule has 1 aromatic rings. The zero-order valence-electron chi connectivity index (χ0n) is 10.7. The van der Waals surface area contributed by atoms with E-state index < -0.39 is 12.0 Å². The number of rotatable bonds is 5. The summed E-state index contributed by atoms with van der Waals surface area (Å²) in [5, 5.41) is 9.08. The van der Waals surface area contributed by atoms with Crippen LogP contribution in [0.25, 0.3) is 0 Å². The molecular formula is C13H18N2O3. The van der Waals surface area contributed by atoms with E-state index in [1.807, 2.05) is 16.8 Å². The first-order valence-corrected chi connectivity index (χ1v) is 6.23. The number of carboxylic acid groups (broad SMARTS) is 1. The molecule has 1 atom stereocenters. The first-order chi connectivity index (χ1) is 8.56. The molecule has 0 saturated heterocycles. The quantitative estimate of drug-likeness (QED) is 0.866. The molecule has 0 aliphatic heterocycles. The minimum absolute atomic E-state index is 0.221. The van der Waals surface area contributed by atoms with Crippen molar-refractivity contribution in [2.45, 2.75) is 38.3 Å². The Kier molecular flexibility index (Phi) is 3.41. The topological polar surface area (TPSA) is 62.5 Å². The highest BCUT2D eigenvalue weighted by molar-refractivity contribution is 5.95. The summed E-state index contributed by atoms with van der Waals surface area (Å²) in [5.74, 6) is -1.18. The Balaban J connectivity index is 2.19. The van der Waals surface area contributed by atoms with Crippen LogP contribution in [0.5, 0.6) is 0 Å². The number of aliphatic carboxylic acids is 1. The Bertz CT molecular complexity index is 463. The van der Waals surface area contributed by atoms with E-state index >= 15 is 0 Å². The maximum atomic E-state index is 12.3. The monoisotopic (exact) mass is 250 g/mol. The molecular weight excluding hydrogens is 232 g/mol. The zero-order chi connectivity index (χ0) is 13.3. The van der Waals surface area contributed by atoms with E-state index in [0.717, 1.165) is 12.8 Å². The van der Waals surface area contributed by atoms with Crippen molar-refractivity contribution in [1.82, 2.24) is 9.47 Å². The lowest BCUT2D eigenvalue weighted by Crippen LogP contribution is -2.42. The van der Waals surface area contributed by atoms with E-state index in [1.165, 1.54) is 4.90 Å². The maximum absolute atomic E-state index is 12.3. The number of carbonyl (C=O) groups excluding carboxylic acids is 1. The van der Waals surface area contributed by atoms with E-state index in [4.69, 9.17) is 5.11 Å². The number of carboxylic acids is 1. The van der Waals surface area contributed by atoms with Gasteiger partial charge in [0.1, 0.15) is 11.7 Å². The average molecular weight is 250 g/mol. The molecule has 0 spiro atoms. The van der Waals surface area contributed by atoms with Gasteiger partial charge in [0.15, 0.2) is 0 Å². The van der Waals surface area contributed by atoms with Crippen LogP contribution < -0.4 is 0 Å². The summed E-state index contributed by atoms with van der Waals surface area (Å²) in [5.41, 5.74) is 0.583. The Labute approximate surface area is 106 Å². The van der Waals surface area contributed by atoms with Gasteiger partial charge in [-0.2, -0.15) is 0 Å². The van der Waals surface area contributed by atoms with Crippen LogP contribution in [0.3, 0.4) is 0 Å². The Hall–Kier alpha value is -1.78. The summed E-state index contributed by atoms with van der Waals surface area (Å²) >= 11 is 0. The lowest BCUT2D eigenvalue weighted by atomic mass is 10.2. The van der Waals surface area contributed by atoms with E-state index in [9.17, 15) is 9.59 Å². The van der Waals surface area contributed by atoms with Crippen molar-refractivity contribution in [3.63, 3.8) is 0 Å². The van der Waals surface area contributed by atoms with Gasteiger partial charge in [0.25, 0.3) is 5.91 Å². The van der Waals surface area contributed by atoms with Crippen molar-refractivity contribution < 1.29 is 14.7 Å². The Morgan fingerprint density at radius 3 is 2.72 bits per heavy atom. The fourth-order valence-corrected chi connectivity index (χ4v) is 2.18. The summed E-state index contributed by atoms with van der Waals surface area (Å²) < 4.78 is 1.95. The number of aromatic nitrogens is 1.